The van der Waals surface area contributed by atoms with Gasteiger partial charge in [-0.2, -0.15) is 0 Å². The van der Waals surface area contributed by atoms with Gasteiger partial charge in [-0.1, -0.05) is 6.07 Å². The second-order valence-electron chi connectivity index (χ2n) is 2.57. The number of rotatable bonds is 0. The van der Waals surface area contributed by atoms with Gasteiger partial charge in [0.15, 0.2) is 5.11 Å². The van der Waals surface area contributed by atoms with E-state index < -0.39 is 0 Å². The van der Waals surface area contributed by atoms with Gasteiger partial charge in [0.25, 0.3) is 0 Å². The van der Waals surface area contributed by atoms with Gasteiger partial charge in [-0.15, -0.1) is 0 Å². The van der Waals surface area contributed by atoms with Gasteiger partial charge in [-0.05, 0) is 24.4 Å². The third-order valence-corrected chi connectivity index (χ3v) is 2.04. The minimum atomic E-state index is -0.199. The van der Waals surface area contributed by atoms with Gasteiger partial charge in [0.2, 0.25) is 0 Å². The van der Waals surface area contributed by atoms with Gasteiger partial charge < -0.3 is 10.6 Å². The fourth-order valence-corrected chi connectivity index (χ4v) is 1.37. The molecule has 0 saturated heterocycles. The topological polar surface area (TPSA) is 24.1 Å². The van der Waals surface area contributed by atoms with E-state index in [9.17, 15) is 4.39 Å². The first-order valence-corrected chi connectivity index (χ1v) is 4.00. The second-order valence-corrected chi connectivity index (χ2v) is 2.98. The molecule has 1 heterocycles. The molecule has 2 rings (SSSR count). The van der Waals surface area contributed by atoms with Crippen LogP contribution in [0.2, 0.25) is 0 Å². The second kappa shape index (κ2) is 2.71. The minimum Gasteiger partial charge on any atom is -0.358 e. The first kappa shape index (κ1) is 7.49. The van der Waals surface area contributed by atoms with Crippen LogP contribution in [0.15, 0.2) is 18.2 Å². The molecule has 2 nitrogen and oxygen atoms in total. The number of hydrogen-bond donors (Lipinski definition) is 2. The average Bonchev–Trinajstić information content (AvgIpc) is 2.04. The predicted octanol–water partition coefficient (Wildman–Crippen LogP) is 1.63. The Kier molecular flexibility index (Phi) is 1.69. The third kappa shape index (κ3) is 1.14. The van der Waals surface area contributed by atoms with Crippen LogP contribution in [0, 0.1) is 5.82 Å². The molecule has 12 heavy (non-hydrogen) atoms. The summed E-state index contributed by atoms with van der Waals surface area (Å²) in [5.41, 5.74) is 1.41. The van der Waals surface area contributed by atoms with Crippen molar-refractivity contribution >= 4 is 23.0 Å². The number of benzene rings is 1. The van der Waals surface area contributed by atoms with E-state index in [1.165, 1.54) is 6.07 Å². The summed E-state index contributed by atoms with van der Waals surface area (Å²) in [6.45, 7) is 0.466. The molecule has 0 fully saturated rings. The molecule has 1 aromatic rings. The highest BCUT2D eigenvalue weighted by Gasteiger charge is 2.13. The van der Waals surface area contributed by atoms with Gasteiger partial charge in [0, 0.05) is 17.8 Å². The first-order chi connectivity index (χ1) is 5.77. The van der Waals surface area contributed by atoms with Crippen molar-refractivity contribution in [3.05, 3.63) is 29.6 Å². The number of nitrogens with one attached hydrogen (secondary N) is 2. The van der Waals surface area contributed by atoms with E-state index in [-0.39, 0.29) is 5.82 Å². The zero-order chi connectivity index (χ0) is 8.55. The quantitative estimate of drug-likeness (QED) is 0.596. The lowest BCUT2D eigenvalue weighted by molar-refractivity contribution is 0.605. The smallest absolute Gasteiger partial charge is 0.171 e. The molecule has 0 aliphatic carbocycles. The zero-order valence-electron chi connectivity index (χ0n) is 6.23. The summed E-state index contributed by atoms with van der Waals surface area (Å²) >= 11 is 4.88. The highest BCUT2D eigenvalue weighted by Crippen LogP contribution is 2.21. The number of thiocarbonyl (C=S) groups is 1. The lowest BCUT2D eigenvalue weighted by atomic mass is 10.1. The number of fused-ring (bicyclic) bond motifs is 1. The number of anilines is 1. The Morgan fingerprint density at radius 3 is 3.08 bits per heavy atom. The largest absolute Gasteiger partial charge is 0.358 e. The van der Waals surface area contributed by atoms with E-state index in [1.807, 2.05) is 6.07 Å². The summed E-state index contributed by atoms with van der Waals surface area (Å²) < 4.78 is 13.1. The van der Waals surface area contributed by atoms with Crippen molar-refractivity contribution in [2.45, 2.75) is 6.54 Å². The van der Waals surface area contributed by atoms with Gasteiger partial charge in [0.1, 0.15) is 5.82 Å². The molecule has 62 valence electrons. The molecule has 0 unspecified atom stereocenters. The van der Waals surface area contributed by atoms with E-state index in [1.54, 1.807) is 6.07 Å². The van der Waals surface area contributed by atoms with E-state index >= 15 is 0 Å². The summed E-state index contributed by atoms with van der Waals surface area (Å²) in [5, 5.41) is 6.29. The highest BCUT2D eigenvalue weighted by molar-refractivity contribution is 7.80. The van der Waals surface area contributed by atoms with Crippen LogP contribution in [-0.2, 0) is 6.54 Å². The monoisotopic (exact) mass is 182 g/mol. The van der Waals surface area contributed by atoms with Crippen molar-refractivity contribution in [3.63, 3.8) is 0 Å². The average molecular weight is 182 g/mol. The molecule has 1 aliphatic heterocycles. The van der Waals surface area contributed by atoms with Gasteiger partial charge in [0.05, 0.1) is 0 Å². The molecule has 0 radical (unpaired) electrons. The fraction of sp³-hybridized carbons (Fsp3) is 0.125. The molecule has 4 heteroatoms. The highest BCUT2D eigenvalue weighted by atomic mass is 32.1. The Hall–Kier alpha value is -1.16. The summed E-state index contributed by atoms with van der Waals surface area (Å²) in [5.74, 6) is -0.199. The molecule has 0 aromatic heterocycles. The maximum Gasteiger partial charge on any atom is 0.171 e. The fourth-order valence-electron chi connectivity index (χ4n) is 1.19. The van der Waals surface area contributed by atoms with Crippen LogP contribution in [0.25, 0.3) is 0 Å². The summed E-state index contributed by atoms with van der Waals surface area (Å²) in [4.78, 5) is 0. The lowest BCUT2D eigenvalue weighted by Gasteiger charge is -2.20. The molecule has 0 bridgehead atoms. The van der Waals surface area contributed by atoms with Gasteiger partial charge in [-0.25, -0.2) is 4.39 Å². The summed E-state index contributed by atoms with van der Waals surface area (Å²) in [7, 11) is 0. The van der Waals surface area contributed by atoms with Crippen molar-refractivity contribution < 1.29 is 4.39 Å². The number of halogens is 1. The Bertz CT molecular complexity index is 338. The van der Waals surface area contributed by atoms with E-state index in [2.05, 4.69) is 10.6 Å². The van der Waals surface area contributed by atoms with Crippen molar-refractivity contribution in [2.75, 3.05) is 5.32 Å². The van der Waals surface area contributed by atoms with Gasteiger partial charge >= 0.3 is 0 Å². The van der Waals surface area contributed by atoms with Crippen LogP contribution >= 0.6 is 12.2 Å². The molecule has 0 saturated carbocycles. The zero-order valence-corrected chi connectivity index (χ0v) is 7.04. The molecular weight excluding hydrogens is 175 g/mol. The Balaban J connectivity index is 2.48. The molecule has 0 amide bonds. The molecule has 1 aromatic carbocycles. The Morgan fingerprint density at radius 1 is 1.42 bits per heavy atom. The minimum absolute atomic E-state index is 0.199. The van der Waals surface area contributed by atoms with Crippen LogP contribution in [-0.4, -0.2) is 5.11 Å². The Morgan fingerprint density at radius 2 is 2.25 bits per heavy atom. The third-order valence-electron chi connectivity index (χ3n) is 1.79. The summed E-state index contributed by atoms with van der Waals surface area (Å²) in [6, 6.07) is 4.91. The van der Waals surface area contributed by atoms with Crippen LogP contribution in [0.1, 0.15) is 5.56 Å². The molecular formula is C8H7FN2S. The maximum absolute atomic E-state index is 13.1. The standard InChI is InChI=1S/C8H7FN2S/c9-6-2-1-3-7-5(6)4-10-8(12)11-7/h1-3H,4H2,(H2,10,11,12). The van der Waals surface area contributed by atoms with Crippen LogP contribution in [0.4, 0.5) is 10.1 Å². The van der Waals surface area contributed by atoms with Crippen molar-refractivity contribution in [3.8, 4) is 0 Å². The lowest BCUT2D eigenvalue weighted by Crippen LogP contribution is -2.33. The van der Waals surface area contributed by atoms with Crippen molar-refractivity contribution in [1.82, 2.24) is 5.32 Å². The molecule has 1 aliphatic rings. The normalized spacial score (nSPS) is 14.6. The maximum atomic E-state index is 13.1. The van der Waals surface area contributed by atoms with Crippen LogP contribution < -0.4 is 10.6 Å². The molecule has 0 spiro atoms. The number of hydrogen-bond acceptors (Lipinski definition) is 1. The van der Waals surface area contributed by atoms with E-state index in [4.69, 9.17) is 12.2 Å². The van der Waals surface area contributed by atoms with E-state index in [0.717, 1.165) is 5.69 Å². The molecule has 0 atom stereocenters. The Labute approximate surface area is 74.8 Å². The van der Waals surface area contributed by atoms with Crippen LogP contribution in [0.5, 0.6) is 0 Å². The predicted molar refractivity (Wildman–Crippen MR) is 49.5 cm³/mol. The van der Waals surface area contributed by atoms with Crippen LogP contribution in [0.3, 0.4) is 0 Å². The first-order valence-electron chi connectivity index (χ1n) is 3.59. The SMILES string of the molecule is Fc1cccc2c1CNC(=S)N2. The van der Waals surface area contributed by atoms with Crippen molar-refractivity contribution in [2.24, 2.45) is 0 Å². The molecule has 2 N–H and O–H groups in total. The summed E-state index contributed by atoms with van der Waals surface area (Å²) in [6.07, 6.45) is 0. The van der Waals surface area contributed by atoms with E-state index in [0.29, 0.717) is 17.2 Å². The van der Waals surface area contributed by atoms with Gasteiger partial charge in [-0.3, -0.25) is 0 Å². The van der Waals surface area contributed by atoms with Crippen molar-refractivity contribution in [1.29, 1.82) is 0 Å².